The summed E-state index contributed by atoms with van der Waals surface area (Å²) in [7, 11) is 0. The number of aliphatic carboxylic acids is 1. The molecule has 0 aliphatic carbocycles. The predicted molar refractivity (Wildman–Crippen MR) is 82.8 cm³/mol. The maximum Gasteiger partial charge on any atom is 0.308 e. The highest BCUT2D eigenvalue weighted by Crippen LogP contribution is 2.26. The van der Waals surface area contributed by atoms with Crippen LogP contribution in [0.15, 0.2) is 30.3 Å². The van der Waals surface area contributed by atoms with Crippen molar-refractivity contribution in [1.82, 2.24) is 9.80 Å². The fourth-order valence-electron chi connectivity index (χ4n) is 3.39. The summed E-state index contributed by atoms with van der Waals surface area (Å²) < 4.78 is 0. The third kappa shape index (κ3) is 3.21. The Balaban J connectivity index is 1.58. The average molecular weight is 316 g/mol. The van der Waals surface area contributed by atoms with Crippen molar-refractivity contribution in [3.8, 4) is 0 Å². The van der Waals surface area contributed by atoms with E-state index in [0.29, 0.717) is 38.0 Å². The zero-order valence-electron chi connectivity index (χ0n) is 12.9. The Morgan fingerprint density at radius 1 is 1.09 bits per heavy atom. The van der Waals surface area contributed by atoms with Gasteiger partial charge in [0.15, 0.2) is 0 Å². The Labute approximate surface area is 134 Å². The summed E-state index contributed by atoms with van der Waals surface area (Å²) >= 11 is 0. The monoisotopic (exact) mass is 316 g/mol. The lowest BCUT2D eigenvalue weighted by atomic mass is 10.0. The van der Waals surface area contributed by atoms with E-state index in [1.54, 1.807) is 21.9 Å². The van der Waals surface area contributed by atoms with Crippen LogP contribution in [-0.2, 0) is 9.59 Å². The molecule has 1 N–H and O–H groups in total. The third-order valence-electron chi connectivity index (χ3n) is 4.72. The molecule has 3 rings (SSSR count). The molecule has 6 heteroatoms. The summed E-state index contributed by atoms with van der Waals surface area (Å²) in [6, 6.07) is 9.21. The quantitative estimate of drug-likeness (QED) is 0.909. The van der Waals surface area contributed by atoms with E-state index in [9.17, 15) is 14.4 Å². The second-order valence-electron chi connectivity index (χ2n) is 6.17. The van der Waals surface area contributed by atoms with Gasteiger partial charge in [0, 0.05) is 37.7 Å². The number of rotatable bonds is 3. The van der Waals surface area contributed by atoms with Gasteiger partial charge in [-0.3, -0.25) is 14.4 Å². The zero-order valence-corrected chi connectivity index (χ0v) is 12.9. The van der Waals surface area contributed by atoms with Crippen molar-refractivity contribution in [3.63, 3.8) is 0 Å². The second kappa shape index (κ2) is 6.40. The van der Waals surface area contributed by atoms with E-state index in [1.165, 1.54) is 0 Å². The van der Waals surface area contributed by atoms with Crippen LogP contribution in [0.2, 0.25) is 0 Å². The number of likely N-dealkylation sites (tertiary alicyclic amines) is 2. The van der Waals surface area contributed by atoms with Crippen molar-refractivity contribution in [1.29, 1.82) is 0 Å². The normalized spacial score (nSPS) is 22.4. The maximum atomic E-state index is 12.4. The van der Waals surface area contributed by atoms with E-state index in [-0.39, 0.29) is 24.3 Å². The van der Waals surface area contributed by atoms with E-state index in [0.717, 1.165) is 0 Å². The number of carbonyl (C=O) groups is 3. The molecule has 0 radical (unpaired) electrons. The molecule has 2 fully saturated rings. The lowest BCUT2D eigenvalue weighted by molar-refractivity contribution is -0.141. The third-order valence-corrected chi connectivity index (χ3v) is 4.72. The summed E-state index contributed by atoms with van der Waals surface area (Å²) in [6.45, 7) is 1.49. The van der Waals surface area contributed by atoms with Gasteiger partial charge in [-0.2, -0.15) is 0 Å². The molecular formula is C17H20N2O4. The van der Waals surface area contributed by atoms with Gasteiger partial charge >= 0.3 is 5.97 Å². The lowest BCUT2D eigenvalue weighted by Gasteiger charge is -2.36. The molecule has 1 aromatic carbocycles. The molecule has 2 aliphatic rings. The molecule has 1 aromatic rings. The molecule has 23 heavy (non-hydrogen) atoms. The first-order valence-electron chi connectivity index (χ1n) is 7.93. The molecule has 1 atom stereocenters. The number of carboxylic acids is 1. The Hall–Kier alpha value is -2.37. The van der Waals surface area contributed by atoms with Crippen LogP contribution in [0.5, 0.6) is 0 Å². The van der Waals surface area contributed by atoms with Crippen molar-refractivity contribution < 1.29 is 19.5 Å². The Bertz CT molecular complexity index is 608. The van der Waals surface area contributed by atoms with E-state index >= 15 is 0 Å². The highest BCUT2D eigenvalue weighted by Gasteiger charge is 2.39. The van der Waals surface area contributed by atoms with Crippen LogP contribution < -0.4 is 0 Å². The molecule has 6 nitrogen and oxygen atoms in total. The summed E-state index contributed by atoms with van der Waals surface area (Å²) in [5, 5.41) is 9.06. The molecule has 2 amide bonds. The number of amides is 2. The second-order valence-corrected chi connectivity index (χ2v) is 6.17. The maximum absolute atomic E-state index is 12.4. The average Bonchev–Trinajstić information content (AvgIpc) is 2.97. The number of piperidine rings is 1. The van der Waals surface area contributed by atoms with Gasteiger partial charge in [0.2, 0.25) is 5.91 Å². The van der Waals surface area contributed by atoms with Gasteiger partial charge < -0.3 is 14.9 Å². The molecule has 2 heterocycles. The van der Waals surface area contributed by atoms with Crippen molar-refractivity contribution >= 4 is 17.8 Å². The molecule has 0 spiro atoms. The topological polar surface area (TPSA) is 77.9 Å². The largest absolute Gasteiger partial charge is 0.481 e. The first-order valence-corrected chi connectivity index (χ1v) is 7.93. The fraction of sp³-hybridized carbons (Fsp3) is 0.471. The highest BCUT2D eigenvalue weighted by atomic mass is 16.4. The number of carbonyl (C=O) groups excluding carboxylic acids is 2. The zero-order chi connectivity index (χ0) is 16.4. The SMILES string of the molecule is O=C(O)C1CC(=O)N(C2CCN(C(=O)c3ccccc3)CC2)C1. The number of nitrogens with zero attached hydrogens (tertiary/aromatic N) is 2. The standard InChI is InChI=1S/C17H20N2O4/c20-15-10-13(17(22)23)11-19(15)14-6-8-18(9-7-14)16(21)12-4-2-1-3-5-12/h1-5,13-14H,6-11H2,(H,22,23). The minimum Gasteiger partial charge on any atom is -0.481 e. The van der Waals surface area contributed by atoms with Crippen LogP contribution in [0.25, 0.3) is 0 Å². The molecule has 0 aromatic heterocycles. The number of benzene rings is 1. The van der Waals surface area contributed by atoms with Gasteiger partial charge in [-0.1, -0.05) is 18.2 Å². The van der Waals surface area contributed by atoms with Crippen LogP contribution >= 0.6 is 0 Å². The van der Waals surface area contributed by atoms with Gasteiger partial charge in [0.1, 0.15) is 0 Å². The Morgan fingerprint density at radius 2 is 1.74 bits per heavy atom. The summed E-state index contributed by atoms with van der Waals surface area (Å²) in [6.07, 6.45) is 1.51. The molecule has 1 unspecified atom stereocenters. The molecule has 122 valence electrons. The summed E-state index contributed by atoms with van der Waals surface area (Å²) in [5.41, 5.74) is 0.675. The number of carboxylic acid groups (broad SMARTS) is 1. The molecular weight excluding hydrogens is 296 g/mol. The lowest BCUT2D eigenvalue weighted by Crippen LogP contribution is -2.47. The van der Waals surface area contributed by atoms with Gasteiger partial charge in [0.05, 0.1) is 5.92 Å². The smallest absolute Gasteiger partial charge is 0.308 e. The summed E-state index contributed by atoms with van der Waals surface area (Å²) in [5.74, 6) is -1.56. The van der Waals surface area contributed by atoms with Gasteiger partial charge in [0.25, 0.3) is 5.91 Å². The molecule has 2 saturated heterocycles. The first-order chi connectivity index (χ1) is 11.1. The van der Waals surface area contributed by atoms with Gasteiger partial charge in [-0.15, -0.1) is 0 Å². The van der Waals surface area contributed by atoms with Crippen LogP contribution in [0, 0.1) is 5.92 Å². The van der Waals surface area contributed by atoms with E-state index in [2.05, 4.69) is 0 Å². The van der Waals surface area contributed by atoms with Gasteiger partial charge in [-0.25, -0.2) is 0 Å². The minimum atomic E-state index is -0.905. The van der Waals surface area contributed by atoms with Gasteiger partial charge in [-0.05, 0) is 25.0 Å². The van der Waals surface area contributed by atoms with Crippen LogP contribution in [0.4, 0.5) is 0 Å². The molecule has 0 bridgehead atoms. The van der Waals surface area contributed by atoms with Crippen LogP contribution in [0.1, 0.15) is 29.6 Å². The van der Waals surface area contributed by atoms with E-state index in [4.69, 9.17) is 5.11 Å². The highest BCUT2D eigenvalue weighted by molar-refractivity contribution is 5.94. The number of hydrogen-bond donors (Lipinski definition) is 1. The molecule has 2 aliphatic heterocycles. The van der Waals surface area contributed by atoms with Crippen molar-refractivity contribution in [2.24, 2.45) is 5.92 Å². The molecule has 0 saturated carbocycles. The Morgan fingerprint density at radius 3 is 2.30 bits per heavy atom. The first kappa shape index (κ1) is 15.5. The Kier molecular flexibility index (Phi) is 4.32. The van der Waals surface area contributed by atoms with Crippen LogP contribution in [-0.4, -0.2) is 58.4 Å². The fourth-order valence-corrected chi connectivity index (χ4v) is 3.39. The van der Waals surface area contributed by atoms with E-state index < -0.39 is 11.9 Å². The van der Waals surface area contributed by atoms with E-state index in [1.807, 2.05) is 18.2 Å². The van der Waals surface area contributed by atoms with Crippen molar-refractivity contribution in [3.05, 3.63) is 35.9 Å². The predicted octanol–water partition coefficient (Wildman–Crippen LogP) is 1.22. The number of hydrogen-bond acceptors (Lipinski definition) is 3. The van der Waals surface area contributed by atoms with Crippen LogP contribution in [0.3, 0.4) is 0 Å². The minimum absolute atomic E-state index is 0.0141. The summed E-state index contributed by atoms with van der Waals surface area (Å²) in [4.78, 5) is 39.0. The van der Waals surface area contributed by atoms with Crippen molar-refractivity contribution in [2.45, 2.75) is 25.3 Å². The van der Waals surface area contributed by atoms with Crippen molar-refractivity contribution in [2.75, 3.05) is 19.6 Å².